The number of halogens is 4. The Bertz CT molecular complexity index is 930. The second-order valence-corrected chi connectivity index (χ2v) is 7.47. The van der Waals surface area contributed by atoms with Crippen molar-refractivity contribution >= 4 is 33.2 Å². The molecule has 1 heterocycles. The van der Waals surface area contributed by atoms with E-state index in [1.54, 1.807) is 12.1 Å². The molecule has 7 heteroatoms. The van der Waals surface area contributed by atoms with Crippen molar-refractivity contribution in [1.29, 1.82) is 0 Å². The van der Waals surface area contributed by atoms with Crippen LogP contribution < -0.4 is 4.90 Å². The van der Waals surface area contributed by atoms with Crippen LogP contribution in [0.3, 0.4) is 0 Å². The van der Waals surface area contributed by atoms with Crippen LogP contribution in [-0.2, 0) is 18.0 Å². The Morgan fingerprint density at radius 1 is 1.22 bits per heavy atom. The minimum absolute atomic E-state index is 0.0128. The van der Waals surface area contributed by atoms with Crippen LogP contribution in [0.5, 0.6) is 0 Å². The molecule has 0 amide bonds. The van der Waals surface area contributed by atoms with Gasteiger partial charge in [-0.15, -0.1) is 0 Å². The molecule has 0 aliphatic carbocycles. The molecule has 1 N–H and O–H groups in total. The van der Waals surface area contributed by atoms with Crippen molar-refractivity contribution in [2.75, 3.05) is 11.4 Å². The maximum Gasteiger partial charge on any atom is 0.133 e. The number of aliphatic hydroxyl groups is 1. The predicted octanol–water partition coefficient (Wildman–Crippen LogP) is 5.66. The molecule has 0 saturated heterocycles. The standard InChI is InChI=1S/C20H17BrClF2NO2/c1-12-6-20(27-11-14-3-4-15(23)8-18(14)24)16(21)9-25(12)19-7-13(10-26)2-5-17(19)22/h2-8,26H,9-11H2,1H3. The molecule has 0 atom stereocenters. The maximum atomic E-state index is 13.8. The van der Waals surface area contributed by atoms with Crippen LogP contribution in [0.15, 0.2) is 58.4 Å². The van der Waals surface area contributed by atoms with Crippen molar-refractivity contribution in [3.8, 4) is 0 Å². The van der Waals surface area contributed by atoms with Gasteiger partial charge in [-0.3, -0.25) is 0 Å². The quantitative estimate of drug-likeness (QED) is 0.630. The van der Waals surface area contributed by atoms with E-state index in [9.17, 15) is 13.9 Å². The molecule has 0 unspecified atom stereocenters. The highest BCUT2D eigenvalue weighted by Gasteiger charge is 2.21. The van der Waals surface area contributed by atoms with E-state index in [-0.39, 0.29) is 18.8 Å². The summed E-state index contributed by atoms with van der Waals surface area (Å²) >= 11 is 9.83. The highest BCUT2D eigenvalue weighted by Crippen LogP contribution is 2.35. The molecule has 3 rings (SSSR count). The van der Waals surface area contributed by atoms with E-state index in [0.29, 0.717) is 17.3 Å². The maximum absolute atomic E-state index is 13.8. The summed E-state index contributed by atoms with van der Waals surface area (Å²) in [5.41, 5.74) is 2.69. The second kappa shape index (κ2) is 8.42. The highest BCUT2D eigenvalue weighted by molar-refractivity contribution is 9.11. The molecular weight excluding hydrogens is 440 g/mol. The molecule has 3 nitrogen and oxygen atoms in total. The van der Waals surface area contributed by atoms with Crippen LogP contribution in [0.1, 0.15) is 18.1 Å². The van der Waals surface area contributed by atoms with E-state index >= 15 is 0 Å². The minimum atomic E-state index is -0.641. The molecule has 0 aromatic heterocycles. The molecule has 2 aromatic carbocycles. The van der Waals surface area contributed by atoms with Gasteiger partial charge in [-0.1, -0.05) is 17.7 Å². The second-order valence-electron chi connectivity index (χ2n) is 6.11. The van der Waals surface area contributed by atoms with Gasteiger partial charge >= 0.3 is 0 Å². The van der Waals surface area contributed by atoms with Crippen molar-refractivity contribution in [2.45, 2.75) is 20.1 Å². The van der Waals surface area contributed by atoms with Gasteiger partial charge < -0.3 is 14.7 Å². The largest absolute Gasteiger partial charge is 0.488 e. The predicted molar refractivity (Wildman–Crippen MR) is 106 cm³/mol. The fraction of sp³-hybridized carbons (Fsp3) is 0.200. The average molecular weight is 457 g/mol. The molecule has 0 radical (unpaired) electrons. The average Bonchev–Trinajstić information content (AvgIpc) is 2.64. The van der Waals surface area contributed by atoms with Gasteiger partial charge in [-0.2, -0.15) is 0 Å². The molecule has 142 valence electrons. The van der Waals surface area contributed by atoms with Crippen LogP contribution in [0.2, 0.25) is 5.02 Å². The summed E-state index contributed by atoms with van der Waals surface area (Å²) in [5.74, 6) is -0.693. The first-order chi connectivity index (χ1) is 12.9. The number of hydrogen-bond acceptors (Lipinski definition) is 3. The number of allylic oxidation sites excluding steroid dienone is 2. The first-order valence-electron chi connectivity index (χ1n) is 8.19. The lowest BCUT2D eigenvalue weighted by molar-refractivity contribution is 0.204. The van der Waals surface area contributed by atoms with E-state index < -0.39 is 11.6 Å². The van der Waals surface area contributed by atoms with Crippen LogP contribution in [0.25, 0.3) is 0 Å². The van der Waals surface area contributed by atoms with Crippen molar-refractivity contribution < 1.29 is 18.6 Å². The number of ether oxygens (including phenoxy) is 1. The van der Waals surface area contributed by atoms with E-state index in [1.165, 1.54) is 12.1 Å². The lowest BCUT2D eigenvalue weighted by atomic mass is 10.1. The third kappa shape index (κ3) is 4.51. The van der Waals surface area contributed by atoms with Crippen molar-refractivity contribution in [1.82, 2.24) is 0 Å². The number of anilines is 1. The first-order valence-corrected chi connectivity index (χ1v) is 9.36. The topological polar surface area (TPSA) is 32.7 Å². The molecule has 0 saturated carbocycles. The Kier molecular flexibility index (Phi) is 6.19. The summed E-state index contributed by atoms with van der Waals surface area (Å²) in [6, 6.07) is 8.75. The van der Waals surface area contributed by atoms with Gasteiger partial charge in [0.2, 0.25) is 0 Å². The van der Waals surface area contributed by atoms with Gasteiger partial charge in [-0.25, -0.2) is 8.78 Å². The first kappa shape index (κ1) is 19.9. The molecule has 0 bridgehead atoms. The minimum Gasteiger partial charge on any atom is -0.488 e. The lowest BCUT2D eigenvalue weighted by Gasteiger charge is -2.31. The summed E-state index contributed by atoms with van der Waals surface area (Å²) < 4.78 is 33.3. The van der Waals surface area contributed by atoms with Crippen molar-refractivity contribution in [3.63, 3.8) is 0 Å². The SMILES string of the molecule is CC1=CC(OCc2ccc(F)cc2F)=C(Br)CN1c1cc(CO)ccc1Cl. The van der Waals surface area contributed by atoms with Gasteiger partial charge in [0.05, 0.1) is 28.3 Å². The van der Waals surface area contributed by atoms with Gasteiger partial charge in [0.15, 0.2) is 0 Å². The Labute approximate surface area is 169 Å². The Balaban J connectivity index is 1.78. The monoisotopic (exact) mass is 455 g/mol. The number of benzene rings is 2. The van der Waals surface area contributed by atoms with Crippen LogP contribution in [0.4, 0.5) is 14.5 Å². The molecule has 1 aliphatic heterocycles. The molecular formula is C20H17BrClF2NO2. The van der Waals surface area contributed by atoms with Crippen LogP contribution >= 0.6 is 27.5 Å². The third-order valence-electron chi connectivity index (χ3n) is 4.21. The number of nitrogens with zero attached hydrogens (tertiary/aromatic N) is 1. The fourth-order valence-electron chi connectivity index (χ4n) is 2.74. The molecule has 0 spiro atoms. The highest BCUT2D eigenvalue weighted by atomic mass is 79.9. The van der Waals surface area contributed by atoms with E-state index in [0.717, 1.165) is 27.5 Å². The van der Waals surface area contributed by atoms with Crippen molar-refractivity contribution in [2.24, 2.45) is 0 Å². The smallest absolute Gasteiger partial charge is 0.133 e. The lowest BCUT2D eigenvalue weighted by Crippen LogP contribution is -2.27. The summed E-state index contributed by atoms with van der Waals surface area (Å²) in [7, 11) is 0. The number of aliphatic hydroxyl groups excluding tert-OH is 1. The van der Waals surface area contributed by atoms with E-state index in [2.05, 4.69) is 15.9 Å². The normalized spacial score (nSPS) is 14.4. The van der Waals surface area contributed by atoms with Gasteiger partial charge in [0.25, 0.3) is 0 Å². The molecule has 27 heavy (non-hydrogen) atoms. The Morgan fingerprint density at radius 2 is 2.00 bits per heavy atom. The number of rotatable bonds is 5. The number of hydrogen-bond donors (Lipinski definition) is 1. The Morgan fingerprint density at radius 3 is 2.70 bits per heavy atom. The molecule has 2 aromatic rings. The zero-order valence-electron chi connectivity index (χ0n) is 14.5. The van der Waals surface area contributed by atoms with Gasteiger partial charge in [0, 0.05) is 23.4 Å². The zero-order chi connectivity index (χ0) is 19.6. The van der Waals surface area contributed by atoms with Gasteiger partial charge in [0.1, 0.15) is 24.0 Å². The third-order valence-corrected chi connectivity index (χ3v) is 5.17. The van der Waals surface area contributed by atoms with Crippen LogP contribution in [0, 0.1) is 11.6 Å². The Hall–Kier alpha value is -1.89. The fourth-order valence-corrected chi connectivity index (χ4v) is 3.44. The van der Waals surface area contributed by atoms with Crippen LogP contribution in [-0.4, -0.2) is 11.7 Å². The zero-order valence-corrected chi connectivity index (χ0v) is 16.8. The summed E-state index contributed by atoms with van der Waals surface area (Å²) in [6.07, 6.45) is 1.82. The summed E-state index contributed by atoms with van der Waals surface area (Å²) in [6.45, 7) is 2.29. The summed E-state index contributed by atoms with van der Waals surface area (Å²) in [5, 5.41) is 9.93. The van der Waals surface area contributed by atoms with E-state index in [1.807, 2.05) is 24.0 Å². The summed E-state index contributed by atoms with van der Waals surface area (Å²) in [4.78, 5) is 1.98. The molecule has 0 fully saturated rings. The van der Waals surface area contributed by atoms with E-state index in [4.69, 9.17) is 16.3 Å². The van der Waals surface area contributed by atoms with Crippen molar-refractivity contribution in [3.05, 3.63) is 86.2 Å². The van der Waals surface area contributed by atoms with Gasteiger partial charge in [-0.05, 0) is 52.7 Å². The molecule has 1 aliphatic rings.